The van der Waals surface area contributed by atoms with Gasteiger partial charge in [0.15, 0.2) is 5.82 Å². The molecule has 2 N–H and O–H groups in total. The molecule has 4 heterocycles. The summed E-state index contributed by atoms with van der Waals surface area (Å²) in [6, 6.07) is 0. The highest BCUT2D eigenvalue weighted by Gasteiger charge is 2.26. The lowest BCUT2D eigenvalue weighted by Gasteiger charge is -2.36. The largest absolute Gasteiger partial charge is 0.378 e. The zero-order valence-electron chi connectivity index (χ0n) is 16.5. The Morgan fingerprint density at radius 1 is 0.964 bits per heavy atom. The summed E-state index contributed by atoms with van der Waals surface area (Å²) in [6.07, 6.45) is 1.89. The molecule has 150 valence electrons. The number of hydrogen-bond acceptors (Lipinski definition) is 10. The van der Waals surface area contributed by atoms with E-state index in [1.807, 2.05) is 6.92 Å². The third kappa shape index (κ3) is 3.97. The van der Waals surface area contributed by atoms with Crippen LogP contribution in [0.3, 0.4) is 0 Å². The molecular formula is C18H26N8O2. The molecule has 2 aliphatic heterocycles. The summed E-state index contributed by atoms with van der Waals surface area (Å²) in [5.41, 5.74) is 7.20. The molecule has 0 spiro atoms. The molecule has 0 unspecified atom stereocenters. The smallest absolute Gasteiger partial charge is 0.230 e. The van der Waals surface area contributed by atoms with Gasteiger partial charge in [0.05, 0.1) is 36.7 Å². The van der Waals surface area contributed by atoms with Crippen LogP contribution in [0.4, 0.5) is 17.8 Å². The standard InChI is InChI=1S/C18H26N8O2/c1-11-9-26(10-12(2)28-11)18-23-15(14-8-20-16(19)21-13(14)3)22-17(24-18)25-4-6-27-7-5-25/h8,11-12H,4-7,9-10H2,1-3H3,(H2,19,20,21)/t11-,12+. The number of hydrogen-bond donors (Lipinski definition) is 1. The molecule has 0 aliphatic carbocycles. The van der Waals surface area contributed by atoms with Gasteiger partial charge in [-0.3, -0.25) is 0 Å². The average molecular weight is 386 g/mol. The molecule has 2 saturated heterocycles. The quantitative estimate of drug-likeness (QED) is 0.807. The molecule has 0 radical (unpaired) electrons. The van der Waals surface area contributed by atoms with Crippen molar-refractivity contribution in [2.45, 2.75) is 33.0 Å². The SMILES string of the molecule is Cc1nc(N)ncc1-c1nc(N2CCOCC2)nc(N2C[C@@H](C)O[C@@H](C)C2)n1. The van der Waals surface area contributed by atoms with Crippen LogP contribution < -0.4 is 15.5 Å². The van der Waals surface area contributed by atoms with Gasteiger partial charge in [-0.2, -0.15) is 15.0 Å². The van der Waals surface area contributed by atoms with Crippen LogP contribution in [0.25, 0.3) is 11.4 Å². The van der Waals surface area contributed by atoms with Gasteiger partial charge >= 0.3 is 0 Å². The summed E-state index contributed by atoms with van der Waals surface area (Å²) < 4.78 is 11.3. The normalized spacial score (nSPS) is 23.1. The van der Waals surface area contributed by atoms with Crippen LogP contribution in [0.2, 0.25) is 0 Å². The Morgan fingerprint density at radius 2 is 1.61 bits per heavy atom. The molecule has 0 saturated carbocycles. The van der Waals surface area contributed by atoms with Crippen LogP contribution in [0, 0.1) is 6.92 Å². The second kappa shape index (κ2) is 7.80. The fraction of sp³-hybridized carbons (Fsp3) is 0.611. The first-order valence-corrected chi connectivity index (χ1v) is 9.58. The lowest BCUT2D eigenvalue weighted by Crippen LogP contribution is -2.46. The molecule has 10 heteroatoms. The summed E-state index contributed by atoms with van der Waals surface area (Å²) in [5.74, 6) is 2.08. The van der Waals surface area contributed by atoms with Crippen molar-refractivity contribution in [2.75, 3.05) is 54.9 Å². The topological polar surface area (TPSA) is 115 Å². The Labute approximate surface area is 164 Å². The second-order valence-corrected chi connectivity index (χ2v) is 7.25. The minimum Gasteiger partial charge on any atom is -0.378 e. The van der Waals surface area contributed by atoms with Gasteiger partial charge in [-0.15, -0.1) is 0 Å². The first-order valence-electron chi connectivity index (χ1n) is 9.58. The van der Waals surface area contributed by atoms with Gasteiger partial charge in [0.2, 0.25) is 17.8 Å². The Morgan fingerprint density at radius 3 is 2.25 bits per heavy atom. The van der Waals surface area contributed by atoms with Gasteiger partial charge in [0.1, 0.15) is 0 Å². The van der Waals surface area contributed by atoms with E-state index in [4.69, 9.17) is 30.2 Å². The highest BCUT2D eigenvalue weighted by Crippen LogP contribution is 2.25. The van der Waals surface area contributed by atoms with Crippen molar-refractivity contribution >= 4 is 17.8 Å². The number of aromatic nitrogens is 5. The summed E-state index contributed by atoms with van der Waals surface area (Å²) in [5, 5.41) is 0. The number of ether oxygens (including phenoxy) is 2. The van der Waals surface area contributed by atoms with E-state index in [0.717, 1.165) is 37.4 Å². The molecule has 0 amide bonds. The van der Waals surface area contributed by atoms with Crippen LogP contribution in [0.1, 0.15) is 19.5 Å². The van der Waals surface area contributed by atoms with Crippen LogP contribution in [-0.2, 0) is 9.47 Å². The van der Waals surface area contributed by atoms with E-state index in [-0.39, 0.29) is 18.2 Å². The summed E-state index contributed by atoms with van der Waals surface area (Å²) in [6.45, 7) is 10.3. The minimum atomic E-state index is 0.109. The van der Waals surface area contributed by atoms with Gasteiger partial charge in [0.25, 0.3) is 0 Å². The number of nitrogen functional groups attached to an aromatic ring is 1. The molecule has 2 atom stereocenters. The highest BCUT2D eigenvalue weighted by molar-refractivity contribution is 5.61. The summed E-state index contributed by atoms with van der Waals surface area (Å²) >= 11 is 0. The number of aryl methyl sites for hydroxylation is 1. The van der Waals surface area contributed by atoms with E-state index in [9.17, 15) is 0 Å². The van der Waals surface area contributed by atoms with Crippen molar-refractivity contribution in [1.29, 1.82) is 0 Å². The molecule has 28 heavy (non-hydrogen) atoms. The Kier molecular flexibility index (Phi) is 5.23. The molecule has 2 aromatic heterocycles. The molecule has 2 aliphatic rings. The molecule has 0 bridgehead atoms. The van der Waals surface area contributed by atoms with Crippen LogP contribution in [-0.4, -0.2) is 76.5 Å². The van der Waals surface area contributed by atoms with Gasteiger partial charge in [-0.1, -0.05) is 0 Å². The van der Waals surface area contributed by atoms with Crippen molar-refractivity contribution in [3.8, 4) is 11.4 Å². The van der Waals surface area contributed by atoms with Crippen LogP contribution in [0.15, 0.2) is 6.20 Å². The van der Waals surface area contributed by atoms with Gasteiger partial charge < -0.3 is 25.0 Å². The first-order chi connectivity index (χ1) is 13.5. The molecule has 4 rings (SSSR count). The predicted octanol–water partition coefficient (Wildman–Crippen LogP) is 0.669. The first kappa shape index (κ1) is 18.8. The lowest BCUT2D eigenvalue weighted by molar-refractivity contribution is -0.00572. The highest BCUT2D eigenvalue weighted by atomic mass is 16.5. The van der Waals surface area contributed by atoms with Gasteiger partial charge in [0, 0.05) is 32.4 Å². The molecule has 10 nitrogen and oxygen atoms in total. The molecule has 2 aromatic rings. The number of rotatable bonds is 3. The molecule has 0 aromatic carbocycles. The maximum atomic E-state index is 5.86. The Bertz CT molecular complexity index is 832. The molecular weight excluding hydrogens is 360 g/mol. The van der Waals surface area contributed by atoms with Gasteiger partial charge in [-0.25, -0.2) is 9.97 Å². The fourth-order valence-corrected chi connectivity index (χ4v) is 3.57. The average Bonchev–Trinajstić information content (AvgIpc) is 2.67. The Balaban J connectivity index is 1.76. The van der Waals surface area contributed by atoms with Crippen molar-refractivity contribution in [2.24, 2.45) is 0 Å². The second-order valence-electron chi connectivity index (χ2n) is 7.25. The molecule has 2 fully saturated rings. The Hall–Kier alpha value is -2.59. The van der Waals surface area contributed by atoms with E-state index in [0.29, 0.717) is 30.9 Å². The van der Waals surface area contributed by atoms with Crippen molar-refractivity contribution in [3.05, 3.63) is 11.9 Å². The number of anilines is 3. The number of nitrogens with zero attached hydrogens (tertiary/aromatic N) is 7. The monoisotopic (exact) mass is 386 g/mol. The van der Waals surface area contributed by atoms with E-state index in [1.165, 1.54) is 0 Å². The maximum Gasteiger partial charge on any atom is 0.230 e. The number of morpholine rings is 2. The maximum absolute atomic E-state index is 5.86. The minimum absolute atomic E-state index is 0.109. The van der Waals surface area contributed by atoms with Crippen LogP contribution >= 0.6 is 0 Å². The zero-order valence-corrected chi connectivity index (χ0v) is 16.5. The van der Waals surface area contributed by atoms with E-state index < -0.39 is 0 Å². The fourth-order valence-electron chi connectivity index (χ4n) is 3.57. The summed E-state index contributed by atoms with van der Waals surface area (Å²) in [4.78, 5) is 26.9. The number of nitrogens with two attached hydrogens (primary N) is 1. The van der Waals surface area contributed by atoms with E-state index in [1.54, 1.807) is 6.20 Å². The summed E-state index contributed by atoms with van der Waals surface area (Å²) in [7, 11) is 0. The van der Waals surface area contributed by atoms with Crippen molar-refractivity contribution in [3.63, 3.8) is 0 Å². The third-order valence-corrected chi connectivity index (χ3v) is 4.85. The lowest BCUT2D eigenvalue weighted by atomic mass is 10.2. The zero-order chi connectivity index (χ0) is 19.7. The third-order valence-electron chi connectivity index (χ3n) is 4.85. The van der Waals surface area contributed by atoms with Crippen molar-refractivity contribution < 1.29 is 9.47 Å². The van der Waals surface area contributed by atoms with E-state index >= 15 is 0 Å². The van der Waals surface area contributed by atoms with Crippen molar-refractivity contribution in [1.82, 2.24) is 24.9 Å². The predicted molar refractivity (Wildman–Crippen MR) is 105 cm³/mol. The van der Waals surface area contributed by atoms with E-state index in [2.05, 4.69) is 33.6 Å². The van der Waals surface area contributed by atoms with Gasteiger partial charge in [-0.05, 0) is 20.8 Å². The van der Waals surface area contributed by atoms with Crippen LogP contribution in [0.5, 0.6) is 0 Å².